The molecule has 1 aromatic heterocycles. The highest BCUT2D eigenvalue weighted by Gasteiger charge is 2.26. The number of halogens is 1. The Balaban J connectivity index is 1.48. The maximum atomic E-state index is 12.7. The summed E-state index contributed by atoms with van der Waals surface area (Å²) in [6, 6.07) is 13.0. The second-order valence-electron chi connectivity index (χ2n) is 6.89. The van der Waals surface area contributed by atoms with Gasteiger partial charge in [-0.15, -0.1) is 5.10 Å². The number of nitrogens with one attached hydrogen (secondary N) is 1. The molecule has 1 N–H and O–H groups in total. The van der Waals surface area contributed by atoms with Gasteiger partial charge in [0.2, 0.25) is 11.9 Å². The van der Waals surface area contributed by atoms with Crippen LogP contribution in [0.25, 0.3) is 5.69 Å². The van der Waals surface area contributed by atoms with E-state index in [1.165, 1.54) is 0 Å². The molecule has 1 aliphatic heterocycles. The third-order valence-corrected chi connectivity index (χ3v) is 4.79. The molecule has 0 fully saturated rings. The van der Waals surface area contributed by atoms with Crippen molar-refractivity contribution in [2.24, 2.45) is 5.92 Å². The van der Waals surface area contributed by atoms with E-state index in [0.717, 1.165) is 17.0 Å². The first-order valence-electron chi connectivity index (χ1n) is 8.91. The van der Waals surface area contributed by atoms with E-state index in [0.29, 0.717) is 29.7 Å². The van der Waals surface area contributed by atoms with Crippen LogP contribution in [0.4, 0.5) is 11.6 Å². The molecule has 0 saturated carbocycles. The van der Waals surface area contributed by atoms with Crippen molar-refractivity contribution in [2.45, 2.75) is 6.42 Å². The van der Waals surface area contributed by atoms with Gasteiger partial charge in [0.05, 0.1) is 11.6 Å². The van der Waals surface area contributed by atoms with E-state index in [2.05, 4.69) is 15.4 Å². The number of hydrogen-bond acceptors (Lipinski definition) is 5. The number of carbonyl (C=O) groups excluding carboxylic acids is 1. The second kappa shape index (κ2) is 7.52. The molecule has 1 atom stereocenters. The minimum absolute atomic E-state index is 0.0876. The van der Waals surface area contributed by atoms with Gasteiger partial charge in [0.25, 0.3) is 0 Å². The molecular formula is C20H20ClN5O2. The lowest BCUT2D eigenvalue weighted by Gasteiger charge is -2.24. The molecule has 0 saturated heterocycles. The van der Waals surface area contributed by atoms with Crippen LogP contribution in [0.5, 0.6) is 5.75 Å². The Morgan fingerprint density at radius 3 is 2.93 bits per heavy atom. The van der Waals surface area contributed by atoms with Crippen LogP contribution in [0.3, 0.4) is 0 Å². The fourth-order valence-electron chi connectivity index (χ4n) is 3.09. The van der Waals surface area contributed by atoms with Gasteiger partial charge in [-0.3, -0.25) is 4.79 Å². The zero-order valence-corrected chi connectivity index (χ0v) is 16.3. The molecule has 1 aliphatic rings. The van der Waals surface area contributed by atoms with Gasteiger partial charge < -0.3 is 15.0 Å². The van der Waals surface area contributed by atoms with Gasteiger partial charge in [0.1, 0.15) is 18.7 Å². The van der Waals surface area contributed by atoms with Crippen LogP contribution in [0, 0.1) is 5.92 Å². The Bertz CT molecular complexity index is 1020. The second-order valence-corrected chi connectivity index (χ2v) is 7.32. The number of aromatic nitrogens is 3. The summed E-state index contributed by atoms with van der Waals surface area (Å²) in [6.45, 7) is 0.343. The van der Waals surface area contributed by atoms with Gasteiger partial charge in [-0.25, -0.2) is 4.68 Å². The first-order valence-corrected chi connectivity index (χ1v) is 9.29. The van der Waals surface area contributed by atoms with Gasteiger partial charge >= 0.3 is 0 Å². The minimum Gasteiger partial charge on any atom is -0.492 e. The topological polar surface area (TPSA) is 72.3 Å². The molecule has 7 nitrogen and oxygen atoms in total. The number of anilines is 2. The van der Waals surface area contributed by atoms with E-state index in [4.69, 9.17) is 16.3 Å². The summed E-state index contributed by atoms with van der Waals surface area (Å²) in [6.07, 6.45) is 2.24. The van der Waals surface area contributed by atoms with E-state index in [-0.39, 0.29) is 11.8 Å². The van der Waals surface area contributed by atoms with Crippen LogP contribution in [0.1, 0.15) is 5.56 Å². The molecule has 1 amide bonds. The molecule has 4 rings (SSSR count). The van der Waals surface area contributed by atoms with Crippen LogP contribution < -0.4 is 15.0 Å². The summed E-state index contributed by atoms with van der Waals surface area (Å²) in [7, 11) is 3.77. The van der Waals surface area contributed by atoms with E-state index in [1.54, 1.807) is 17.1 Å². The fourth-order valence-corrected chi connectivity index (χ4v) is 3.28. The van der Waals surface area contributed by atoms with Crippen molar-refractivity contribution < 1.29 is 9.53 Å². The van der Waals surface area contributed by atoms with Crippen LogP contribution in [0.15, 0.2) is 48.8 Å². The predicted molar refractivity (Wildman–Crippen MR) is 108 cm³/mol. The van der Waals surface area contributed by atoms with Crippen molar-refractivity contribution in [2.75, 3.05) is 30.9 Å². The summed E-state index contributed by atoms with van der Waals surface area (Å²) in [5.74, 6) is 1.04. The van der Waals surface area contributed by atoms with E-state index in [1.807, 2.05) is 55.4 Å². The van der Waals surface area contributed by atoms with Crippen molar-refractivity contribution in [1.82, 2.24) is 14.8 Å². The van der Waals surface area contributed by atoms with E-state index < -0.39 is 0 Å². The lowest BCUT2D eigenvalue weighted by molar-refractivity contribution is -0.121. The van der Waals surface area contributed by atoms with E-state index in [9.17, 15) is 4.79 Å². The smallest absolute Gasteiger partial charge is 0.244 e. The van der Waals surface area contributed by atoms with Gasteiger partial charge in [0.15, 0.2) is 0 Å². The molecule has 144 valence electrons. The first-order chi connectivity index (χ1) is 13.5. The molecule has 28 heavy (non-hydrogen) atoms. The molecule has 8 heteroatoms. The standard InChI is InChI=1S/C20H20ClN5O2/c1-25(2)20-22-12-26(24-20)17-5-3-4-16(10-17)23-19(27)14-8-13-9-15(21)6-7-18(13)28-11-14/h3-7,9-10,12,14H,8,11H2,1-2H3,(H,23,27)/t14-/m0/s1. The van der Waals surface area contributed by atoms with Crippen molar-refractivity contribution in [1.29, 1.82) is 0 Å². The average Bonchev–Trinajstić information content (AvgIpc) is 3.18. The summed E-state index contributed by atoms with van der Waals surface area (Å²) in [5, 5.41) is 8.02. The molecular weight excluding hydrogens is 378 g/mol. The molecule has 2 aromatic carbocycles. The van der Waals surface area contributed by atoms with Gasteiger partial charge in [-0.05, 0) is 48.4 Å². The molecule has 0 aliphatic carbocycles. The van der Waals surface area contributed by atoms with Crippen molar-refractivity contribution in [3.05, 3.63) is 59.4 Å². The highest BCUT2D eigenvalue weighted by molar-refractivity contribution is 6.30. The molecule has 0 spiro atoms. The maximum absolute atomic E-state index is 12.7. The number of ether oxygens (including phenoxy) is 1. The van der Waals surface area contributed by atoms with Crippen LogP contribution >= 0.6 is 11.6 Å². The molecule has 3 aromatic rings. The predicted octanol–water partition coefficient (Wildman–Crippen LogP) is 3.18. The lowest BCUT2D eigenvalue weighted by atomic mass is 9.96. The third-order valence-electron chi connectivity index (χ3n) is 4.56. The number of rotatable bonds is 4. The monoisotopic (exact) mass is 397 g/mol. The number of carbonyl (C=O) groups is 1. The zero-order valence-electron chi connectivity index (χ0n) is 15.6. The van der Waals surface area contributed by atoms with Crippen LogP contribution in [-0.4, -0.2) is 41.4 Å². The highest BCUT2D eigenvalue weighted by Crippen LogP contribution is 2.30. The SMILES string of the molecule is CN(C)c1ncn(-c2cccc(NC(=O)[C@@H]3COc4ccc(Cl)cc4C3)c2)n1. The summed E-state index contributed by atoms with van der Waals surface area (Å²) in [5.41, 5.74) is 2.46. The quantitative estimate of drug-likeness (QED) is 0.732. The molecule has 2 heterocycles. The Morgan fingerprint density at radius 2 is 2.14 bits per heavy atom. The number of nitrogens with zero attached hydrogens (tertiary/aromatic N) is 4. The van der Waals surface area contributed by atoms with Crippen molar-refractivity contribution >= 4 is 29.1 Å². The Kier molecular flexibility index (Phi) is 4.92. The number of benzene rings is 2. The van der Waals surface area contributed by atoms with E-state index >= 15 is 0 Å². The number of fused-ring (bicyclic) bond motifs is 1. The minimum atomic E-state index is -0.277. The number of hydrogen-bond donors (Lipinski definition) is 1. The lowest BCUT2D eigenvalue weighted by Crippen LogP contribution is -2.32. The van der Waals surface area contributed by atoms with Gasteiger partial charge in [-0.1, -0.05) is 17.7 Å². The Labute approximate surface area is 167 Å². The summed E-state index contributed by atoms with van der Waals surface area (Å²) < 4.78 is 7.40. The van der Waals surface area contributed by atoms with Crippen molar-refractivity contribution in [3.8, 4) is 11.4 Å². The Hall–Kier alpha value is -3.06. The number of amides is 1. The average molecular weight is 398 g/mol. The molecule has 0 radical (unpaired) electrons. The largest absolute Gasteiger partial charge is 0.492 e. The molecule has 0 bridgehead atoms. The Morgan fingerprint density at radius 1 is 1.29 bits per heavy atom. The summed E-state index contributed by atoms with van der Waals surface area (Å²) >= 11 is 6.06. The maximum Gasteiger partial charge on any atom is 0.244 e. The zero-order chi connectivity index (χ0) is 19.7. The van der Waals surface area contributed by atoms with Gasteiger partial charge in [0, 0.05) is 24.8 Å². The molecule has 0 unspecified atom stereocenters. The van der Waals surface area contributed by atoms with Crippen LogP contribution in [-0.2, 0) is 11.2 Å². The van der Waals surface area contributed by atoms with Crippen LogP contribution in [0.2, 0.25) is 5.02 Å². The van der Waals surface area contributed by atoms with Gasteiger partial charge in [-0.2, -0.15) is 4.98 Å². The van der Waals surface area contributed by atoms with Crippen molar-refractivity contribution in [3.63, 3.8) is 0 Å². The normalized spacial score (nSPS) is 15.5. The third kappa shape index (κ3) is 3.80. The highest BCUT2D eigenvalue weighted by atomic mass is 35.5. The first kappa shape index (κ1) is 18.3. The summed E-state index contributed by atoms with van der Waals surface area (Å²) in [4.78, 5) is 18.8. The fraction of sp³-hybridized carbons (Fsp3) is 0.250.